The molecule has 0 aliphatic carbocycles. The minimum absolute atomic E-state index is 0. The second-order valence-corrected chi connectivity index (χ2v) is 6.87. The third-order valence-electron chi connectivity index (χ3n) is 5.03. The summed E-state index contributed by atoms with van der Waals surface area (Å²) < 4.78 is 50.3. The summed E-state index contributed by atoms with van der Waals surface area (Å²) in [6, 6.07) is 5.64. The lowest BCUT2D eigenvalue weighted by Crippen LogP contribution is -2.48. The minimum Gasteiger partial charge on any atom is -0.382 e. The van der Waals surface area contributed by atoms with Gasteiger partial charge < -0.3 is 20.1 Å². The van der Waals surface area contributed by atoms with Crippen LogP contribution < -0.4 is 10.6 Å². The second kappa shape index (κ2) is 12.6. The first kappa shape index (κ1) is 26.0. The van der Waals surface area contributed by atoms with Gasteiger partial charge >= 0.3 is 6.18 Å². The zero-order chi connectivity index (χ0) is 20.5. The SMILES string of the molecule is CCOCCCNC(=NC)NCC1(c2cccc(C(F)(F)F)c2)CCOCC1.I. The lowest BCUT2D eigenvalue weighted by atomic mass is 9.73. The molecule has 0 spiro atoms. The van der Waals surface area contributed by atoms with Crippen LogP contribution in [-0.2, 0) is 21.1 Å². The first-order valence-corrected chi connectivity index (χ1v) is 9.69. The number of benzene rings is 1. The van der Waals surface area contributed by atoms with Gasteiger partial charge in [0.25, 0.3) is 0 Å². The fraction of sp³-hybridized carbons (Fsp3) is 0.650. The molecule has 0 unspecified atom stereocenters. The lowest BCUT2D eigenvalue weighted by Gasteiger charge is -2.38. The third-order valence-corrected chi connectivity index (χ3v) is 5.03. The van der Waals surface area contributed by atoms with E-state index in [1.54, 1.807) is 13.1 Å². The van der Waals surface area contributed by atoms with Crippen molar-refractivity contribution in [3.05, 3.63) is 35.4 Å². The van der Waals surface area contributed by atoms with Gasteiger partial charge in [0, 0.05) is 52.0 Å². The molecular formula is C20H31F3IN3O2. The van der Waals surface area contributed by atoms with E-state index in [1.807, 2.05) is 6.92 Å². The largest absolute Gasteiger partial charge is 0.416 e. The van der Waals surface area contributed by atoms with Gasteiger partial charge in [-0.1, -0.05) is 18.2 Å². The minimum atomic E-state index is -4.35. The number of hydrogen-bond donors (Lipinski definition) is 2. The van der Waals surface area contributed by atoms with Gasteiger partial charge in [-0.05, 0) is 37.8 Å². The number of halogens is 4. The van der Waals surface area contributed by atoms with Crippen molar-refractivity contribution in [2.45, 2.75) is 37.8 Å². The summed E-state index contributed by atoms with van der Waals surface area (Å²) in [6.45, 7) is 5.56. The molecule has 1 saturated heterocycles. The summed E-state index contributed by atoms with van der Waals surface area (Å²) in [7, 11) is 1.68. The first-order valence-electron chi connectivity index (χ1n) is 9.69. The van der Waals surface area contributed by atoms with E-state index in [4.69, 9.17) is 9.47 Å². The van der Waals surface area contributed by atoms with E-state index < -0.39 is 17.2 Å². The van der Waals surface area contributed by atoms with Gasteiger partial charge in [-0.3, -0.25) is 4.99 Å². The highest BCUT2D eigenvalue weighted by Gasteiger charge is 2.37. The van der Waals surface area contributed by atoms with Crippen molar-refractivity contribution in [2.24, 2.45) is 4.99 Å². The molecule has 0 atom stereocenters. The Morgan fingerprint density at radius 1 is 1.24 bits per heavy atom. The number of rotatable bonds is 8. The highest BCUT2D eigenvalue weighted by atomic mass is 127. The normalized spacial score (nSPS) is 16.8. The molecule has 0 aromatic heterocycles. The van der Waals surface area contributed by atoms with Crippen LogP contribution in [0.3, 0.4) is 0 Å². The van der Waals surface area contributed by atoms with Crippen molar-refractivity contribution in [1.82, 2.24) is 10.6 Å². The zero-order valence-corrected chi connectivity index (χ0v) is 19.3. The summed E-state index contributed by atoms with van der Waals surface area (Å²) in [5, 5.41) is 6.51. The average Bonchev–Trinajstić information content (AvgIpc) is 2.70. The molecule has 29 heavy (non-hydrogen) atoms. The van der Waals surface area contributed by atoms with Gasteiger partial charge in [-0.25, -0.2) is 0 Å². The Balaban J connectivity index is 0.00000420. The molecule has 2 rings (SSSR count). The van der Waals surface area contributed by atoms with Crippen molar-refractivity contribution in [1.29, 1.82) is 0 Å². The molecule has 1 aromatic carbocycles. The predicted octanol–water partition coefficient (Wildman–Crippen LogP) is 3.96. The quantitative estimate of drug-likeness (QED) is 0.232. The van der Waals surface area contributed by atoms with Crippen LogP contribution in [0.4, 0.5) is 13.2 Å². The van der Waals surface area contributed by atoms with Crippen molar-refractivity contribution in [3.63, 3.8) is 0 Å². The highest BCUT2D eigenvalue weighted by Crippen LogP contribution is 2.37. The van der Waals surface area contributed by atoms with Gasteiger partial charge in [0.05, 0.1) is 5.56 Å². The van der Waals surface area contributed by atoms with Crippen LogP contribution in [0.2, 0.25) is 0 Å². The Hall–Kier alpha value is -1.07. The number of ether oxygens (including phenoxy) is 2. The van der Waals surface area contributed by atoms with Gasteiger partial charge in [-0.2, -0.15) is 13.2 Å². The van der Waals surface area contributed by atoms with E-state index in [-0.39, 0.29) is 24.0 Å². The fourth-order valence-electron chi connectivity index (χ4n) is 3.35. The molecule has 9 heteroatoms. The molecular weight excluding hydrogens is 498 g/mol. The van der Waals surface area contributed by atoms with E-state index >= 15 is 0 Å². The molecule has 1 aliphatic rings. The number of nitrogens with one attached hydrogen (secondary N) is 2. The molecule has 5 nitrogen and oxygen atoms in total. The molecule has 1 aromatic rings. The molecule has 1 fully saturated rings. The Bertz CT molecular complexity index is 636. The fourth-order valence-corrected chi connectivity index (χ4v) is 3.35. The van der Waals surface area contributed by atoms with Crippen LogP contribution >= 0.6 is 24.0 Å². The summed E-state index contributed by atoms with van der Waals surface area (Å²) in [6.07, 6.45) is -2.19. The maximum Gasteiger partial charge on any atom is 0.416 e. The number of hydrogen-bond acceptors (Lipinski definition) is 3. The average molecular weight is 529 g/mol. The van der Waals surface area contributed by atoms with E-state index in [1.165, 1.54) is 12.1 Å². The lowest BCUT2D eigenvalue weighted by molar-refractivity contribution is -0.137. The van der Waals surface area contributed by atoms with Crippen LogP contribution in [0.25, 0.3) is 0 Å². The molecule has 2 N–H and O–H groups in total. The van der Waals surface area contributed by atoms with Gasteiger partial charge in [-0.15, -0.1) is 24.0 Å². The van der Waals surface area contributed by atoms with E-state index in [0.29, 0.717) is 63.9 Å². The number of aliphatic imine (C=N–C) groups is 1. The predicted molar refractivity (Wildman–Crippen MR) is 119 cm³/mol. The zero-order valence-electron chi connectivity index (χ0n) is 17.0. The van der Waals surface area contributed by atoms with Gasteiger partial charge in [0.2, 0.25) is 0 Å². The molecule has 1 aliphatic heterocycles. The Kier molecular flexibility index (Phi) is 11.3. The van der Waals surface area contributed by atoms with E-state index in [0.717, 1.165) is 12.5 Å². The monoisotopic (exact) mass is 529 g/mol. The van der Waals surface area contributed by atoms with Gasteiger partial charge in [0.1, 0.15) is 0 Å². The van der Waals surface area contributed by atoms with E-state index in [2.05, 4.69) is 15.6 Å². The summed E-state index contributed by atoms with van der Waals surface area (Å²) in [5.41, 5.74) is -0.359. The van der Waals surface area contributed by atoms with Crippen molar-refractivity contribution < 1.29 is 22.6 Å². The topological polar surface area (TPSA) is 54.9 Å². The summed E-state index contributed by atoms with van der Waals surface area (Å²) in [5.74, 6) is 0.634. The second-order valence-electron chi connectivity index (χ2n) is 6.87. The Morgan fingerprint density at radius 2 is 1.97 bits per heavy atom. The molecule has 0 bridgehead atoms. The maximum absolute atomic E-state index is 13.2. The highest BCUT2D eigenvalue weighted by molar-refractivity contribution is 14.0. The van der Waals surface area contributed by atoms with Crippen LogP contribution in [0.15, 0.2) is 29.3 Å². The molecule has 1 heterocycles. The van der Waals surface area contributed by atoms with Crippen LogP contribution in [0, 0.1) is 0 Å². The maximum atomic E-state index is 13.2. The van der Waals surface area contributed by atoms with Crippen molar-refractivity contribution >= 4 is 29.9 Å². The molecule has 0 radical (unpaired) electrons. The molecule has 0 saturated carbocycles. The van der Waals surface area contributed by atoms with Gasteiger partial charge in [0.15, 0.2) is 5.96 Å². The molecule has 0 amide bonds. The Labute approximate surface area is 187 Å². The number of alkyl halides is 3. The summed E-state index contributed by atoms with van der Waals surface area (Å²) in [4.78, 5) is 4.21. The van der Waals surface area contributed by atoms with Crippen LogP contribution in [-0.4, -0.2) is 52.5 Å². The smallest absolute Gasteiger partial charge is 0.382 e. The third kappa shape index (κ3) is 7.93. The summed E-state index contributed by atoms with van der Waals surface area (Å²) >= 11 is 0. The van der Waals surface area contributed by atoms with Crippen molar-refractivity contribution in [3.8, 4) is 0 Å². The van der Waals surface area contributed by atoms with E-state index in [9.17, 15) is 13.2 Å². The standard InChI is InChI=1S/C20H30F3N3O2.HI/c1-3-27-11-5-10-25-18(24-2)26-15-19(8-12-28-13-9-19)16-6-4-7-17(14-16)20(21,22)23;/h4,6-7,14H,3,5,8-13,15H2,1-2H3,(H2,24,25,26);1H. The first-order chi connectivity index (χ1) is 13.4. The van der Waals surface area contributed by atoms with Crippen LogP contribution in [0.1, 0.15) is 37.3 Å². The number of guanidine groups is 1. The van der Waals surface area contributed by atoms with Crippen molar-refractivity contribution in [2.75, 3.05) is 46.6 Å². The van der Waals surface area contributed by atoms with Crippen LogP contribution in [0.5, 0.6) is 0 Å². The molecule has 166 valence electrons. The number of nitrogens with zero attached hydrogens (tertiary/aromatic N) is 1. The Morgan fingerprint density at radius 3 is 2.59 bits per heavy atom.